The molecule has 2 heterocycles. The number of carboxylic acids is 1. The van der Waals surface area contributed by atoms with Gasteiger partial charge in [0.2, 0.25) is 0 Å². The van der Waals surface area contributed by atoms with Gasteiger partial charge in [-0.15, -0.1) is 22.7 Å². The molecule has 74 valence electrons. The summed E-state index contributed by atoms with van der Waals surface area (Å²) in [5, 5.41) is 8.76. The number of halogens is 1. The molecule has 2 rings (SSSR count). The van der Waals surface area contributed by atoms with Crippen LogP contribution in [-0.4, -0.2) is 11.1 Å². The Bertz CT molecular complexity index is 498. The van der Waals surface area contributed by atoms with Crippen LogP contribution in [-0.2, 0) is 11.2 Å². The molecule has 0 unspecified atom stereocenters. The molecule has 0 saturated carbocycles. The fourth-order valence-electron chi connectivity index (χ4n) is 1.33. The highest BCUT2D eigenvalue weighted by molar-refractivity contribution is 9.11. The first kappa shape index (κ1) is 10.1. The number of carbonyl (C=O) groups is 1. The number of thiophene rings is 2. The third-order valence-electron chi connectivity index (χ3n) is 1.86. The third-order valence-corrected chi connectivity index (χ3v) is 5.03. The van der Waals surface area contributed by atoms with Crippen molar-refractivity contribution in [2.45, 2.75) is 13.3 Å². The van der Waals surface area contributed by atoms with Gasteiger partial charge in [0, 0.05) is 15.1 Å². The van der Waals surface area contributed by atoms with E-state index >= 15 is 0 Å². The van der Waals surface area contributed by atoms with Crippen molar-refractivity contribution in [1.29, 1.82) is 0 Å². The average Bonchev–Trinajstić information content (AvgIpc) is 2.51. The largest absolute Gasteiger partial charge is 0.481 e. The van der Waals surface area contributed by atoms with Crippen LogP contribution in [0.2, 0.25) is 0 Å². The quantitative estimate of drug-likeness (QED) is 0.916. The van der Waals surface area contributed by atoms with Crippen LogP contribution in [0.5, 0.6) is 0 Å². The summed E-state index contributed by atoms with van der Waals surface area (Å²) in [5.41, 5.74) is 0.913. The van der Waals surface area contributed by atoms with Crippen LogP contribution in [0.15, 0.2) is 9.85 Å². The highest BCUT2D eigenvalue weighted by atomic mass is 79.9. The van der Waals surface area contributed by atoms with Crippen molar-refractivity contribution >= 4 is 54.0 Å². The maximum Gasteiger partial charge on any atom is 0.307 e. The average molecular weight is 291 g/mol. The Balaban J connectivity index is 2.59. The molecule has 14 heavy (non-hydrogen) atoms. The molecule has 1 N–H and O–H groups in total. The van der Waals surface area contributed by atoms with Gasteiger partial charge in [0.1, 0.15) is 0 Å². The monoisotopic (exact) mass is 290 g/mol. The lowest BCUT2D eigenvalue weighted by Gasteiger charge is -1.92. The Labute approximate surface area is 97.3 Å². The Kier molecular flexibility index (Phi) is 2.64. The van der Waals surface area contributed by atoms with Gasteiger partial charge in [-0.2, -0.15) is 0 Å². The van der Waals surface area contributed by atoms with Crippen molar-refractivity contribution in [2.24, 2.45) is 0 Å². The lowest BCUT2D eigenvalue weighted by Crippen LogP contribution is -1.98. The first-order valence-electron chi connectivity index (χ1n) is 3.97. The second-order valence-corrected chi connectivity index (χ2v) is 6.60. The Hall–Kier alpha value is -0.390. The van der Waals surface area contributed by atoms with Crippen molar-refractivity contribution in [2.75, 3.05) is 0 Å². The topological polar surface area (TPSA) is 37.3 Å². The fourth-order valence-corrected chi connectivity index (χ4v) is 4.61. The van der Waals surface area contributed by atoms with Gasteiger partial charge in [-0.25, -0.2) is 0 Å². The molecule has 0 radical (unpaired) electrons. The van der Waals surface area contributed by atoms with Gasteiger partial charge >= 0.3 is 5.97 Å². The minimum atomic E-state index is -0.781. The maximum absolute atomic E-state index is 10.7. The summed E-state index contributed by atoms with van der Waals surface area (Å²) in [6.45, 7) is 2.04. The van der Waals surface area contributed by atoms with E-state index in [1.165, 1.54) is 9.58 Å². The molecule has 0 aromatic carbocycles. The van der Waals surface area contributed by atoms with Crippen molar-refractivity contribution in [3.63, 3.8) is 0 Å². The standard InChI is InChI=1S/C9H7BrO2S2/c1-4-2-6-8(13-4)5(3-7(11)12)9(10)14-6/h2H,3H2,1H3,(H,11,12). The normalized spacial score (nSPS) is 11.0. The number of aliphatic carboxylic acids is 1. The van der Waals surface area contributed by atoms with Crippen LogP contribution in [0, 0.1) is 6.92 Å². The lowest BCUT2D eigenvalue weighted by atomic mass is 10.2. The summed E-state index contributed by atoms with van der Waals surface area (Å²) in [4.78, 5) is 11.9. The van der Waals surface area contributed by atoms with Crippen molar-refractivity contribution in [3.05, 3.63) is 20.3 Å². The summed E-state index contributed by atoms with van der Waals surface area (Å²) in [6, 6.07) is 2.10. The van der Waals surface area contributed by atoms with Gasteiger partial charge in [-0.1, -0.05) is 0 Å². The number of rotatable bonds is 2. The molecule has 0 aliphatic rings. The van der Waals surface area contributed by atoms with E-state index in [0.717, 1.165) is 14.0 Å². The molecule has 0 fully saturated rings. The van der Waals surface area contributed by atoms with E-state index in [-0.39, 0.29) is 6.42 Å². The smallest absolute Gasteiger partial charge is 0.307 e. The van der Waals surface area contributed by atoms with E-state index in [0.29, 0.717) is 0 Å². The summed E-state index contributed by atoms with van der Waals surface area (Å²) < 4.78 is 3.23. The molecule has 2 nitrogen and oxygen atoms in total. The molecule has 0 saturated heterocycles. The number of hydrogen-bond donors (Lipinski definition) is 1. The molecule has 0 aliphatic heterocycles. The predicted molar refractivity (Wildman–Crippen MR) is 63.5 cm³/mol. The minimum absolute atomic E-state index is 0.0978. The van der Waals surface area contributed by atoms with Gasteiger partial charge in [-0.05, 0) is 28.9 Å². The number of fused-ring (bicyclic) bond motifs is 1. The maximum atomic E-state index is 10.7. The van der Waals surface area contributed by atoms with Crippen LogP contribution < -0.4 is 0 Å². The van der Waals surface area contributed by atoms with Gasteiger partial charge in [0.15, 0.2) is 0 Å². The molecule has 0 atom stereocenters. The molecular formula is C9H7BrO2S2. The van der Waals surface area contributed by atoms with E-state index in [2.05, 4.69) is 22.0 Å². The van der Waals surface area contributed by atoms with E-state index in [4.69, 9.17) is 5.11 Å². The Morgan fingerprint density at radius 1 is 1.57 bits per heavy atom. The Morgan fingerprint density at radius 3 is 2.93 bits per heavy atom. The summed E-state index contributed by atoms with van der Waals surface area (Å²) in [7, 11) is 0. The molecule has 2 aromatic heterocycles. The van der Waals surface area contributed by atoms with E-state index in [9.17, 15) is 4.79 Å². The minimum Gasteiger partial charge on any atom is -0.481 e. The molecule has 0 aliphatic carbocycles. The van der Waals surface area contributed by atoms with Crippen molar-refractivity contribution < 1.29 is 9.90 Å². The van der Waals surface area contributed by atoms with Gasteiger partial charge < -0.3 is 5.11 Å². The highest BCUT2D eigenvalue weighted by Gasteiger charge is 2.15. The van der Waals surface area contributed by atoms with E-state index in [1.807, 2.05) is 6.92 Å². The van der Waals surface area contributed by atoms with Crippen LogP contribution in [0.25, 0.3) is 9.40 Å². The molecule has 0 amide bonds. The van der Waals surface area contributed by atoms with Crippen LogP contribution in [0.3, 0.4) is 0 Å². The van der Waals surface area contributed by atoms with E-state index in [1.54, 1.807) is 22.7 Å². The second kappa shape index (κ2) is 3.64. The van der Waals surface area contributed by atoms with E-state index < -0.39 is 5.97 Å². The SMILES string of the molecule is Cc1cc2sc(Br)c(CC(=O)O)c2s1. The third kappa shape index (κ3) is 1.71. The lowest BCUT2D eigenvalue weighted by molar-refractivity contribution is -0.136. The summed E-state index contributed by atoms with van der Waals surface area (Å²) in [6.07, 6.45) is 0.0978. The number of aryl methyl sites for hydroxylation is 1. The second-order valence-electron chi connectivity index (χ2n) is 2.98. The van der Waals surface area contributed by atoms with Crippen LogP contribution in [0.4, 0.5) is 0 Å². The zero-order valence-electron chi connectivity index (χ0n) is 7.33. The zero-order valence-corrected chi connectivity index (χ0v) is 10.6. The van der Waals surface area contributed by atoms with Crippen LogP contribution in [0.1, 0.15) is 10.4 Å². The predicted octanol–water partition coefficient (Wildman–Crippen LogP) is 3.66. The molecule has 0 spiro atoms. The molecular weight excluding hydrogens is 284 g/mol. The summed E-state index contributed by atoms with van der Waals surface area (Å²) >= 11 is 6.67. The van der Waals surface area contributed by atoms with Gasteiger partial charge in [0.25, 0.3) is 0 Å². The van der Waals surface area contributed by atoms with Crippen molar-refractivity contribution in [1.82, 2.24) is 0 Å². The first-order chi connectivity index (χ1) is 6.58. The number of carboxylic acid groups (broad SMARTS) is 1. The first-order valence-corrected chi connectivity index (χ1v) is 6.39. The molecule has 2 aromatic rings. The van der Waals surface area contributed by atoms with Crippen LogP contribution >= 0.6 is 38.6 Å². The van der Waals surface area contributed by atoms with Gasteiger partial charge in [0.05, 0.1) is 14.9 Å². The Morgan fingerprint density at radius 2 is 2.29 bits per heavy atom. The van der Waals surface area contributed by atoms with Gasteiger partial charge in [-0.3, -0.25) is 4.79 Å². The zero-order chi connectivity index (χ0) is 10.3. The molecule has 0 bridgehead atoms. The highest BCUT2D eigenvalue weighted by Crippen LogP contribution is 2.40. The molecule has 5 heteroatoms. The number of hydrogen-bond acceptors (Lipinski definition) is 3. The summed E-state index contributed by atoms with van der Waals surface area (Å²) in [5.74, 6) is -0.781. The van der Waals surface area contributed by atoms with Crippen molar-refractivity contribution in [3.8, 4) is 0 Å². The fraction of sp³-hybridized carbons (Fsp3) is 0.222.